The fourth-order valence-electron chi connectivity index (χ4n) is 2.55. The first-order valence-electron chi connectivity index (χ1n) is 6.52. The predicted octanol–water partition coefficient (Wildman–Crippen LogP) is 2.93. The van der Waals surface area contributed by atoms with Crippen LogP contribution in [0.2, 0.25) is 0 Å². The molecule has 1 aromatic carbocycles. The van der Waals surface area contributed by atoms with E-state index in [1.807, 2.05) is 6.92 Å². The zero-order chi connectivity index (χ0) is 14.0. The first-order valence-corrected chi connectivity index (χ1v) is 7.31. The van der Waals surface area contributed by atoms with E-state index < -0.39 is 5.82 Å². The van der Waals surface area contributed by atoms with E-state index in [1.165, 1.54) is 6.07 Å². The van der Waals surface area contributed by atoms with Gasteiger partial charge in [-0.2, -0.15) is 0 Å². The Morgan fingerprint density at radius 2 is 2.26 bits per heavy atom. The molecule has 0 unspecified atom stereocenters. The maximum atomic E-state index is 13.5. The number of nitrogens with zero attached hydrogens (tertiary/aromatic N) is 1. The van der Waals surface area contributed by atoms with Gasteiger partial charge in [0, 0.05) is 24.2 Å². The second-order valence-corrected chi connectivity index (χ2v) is 5.90. The summed E-state index contributed by atoms with van der Waals surface area (Å²) < 4.78 is 13.9. The molecule has 3 nitrogen and oxygen atoms in total. The Hall–Kier alpha value is -0.940. The molecule has 1 aliphatic heterocycles. The number of rotatable bonds is 2. The number of nitrogens with two attached hydrogens (primary N) is 1. The van der Waals surface area contributed by atoms with E-state index in [-0.39, 0.29) is 18.0 Å². The molecule has 1 heterocycles. The zero-order valence-electron chi connectivity index (χ0n) is 10.9. The lowest BCUT2D eigenvalue weighted by molar-refractivity contribution is 0.0583. The third-order valence-electron chi connectivity index (χ3n) is 3.58. The number of amides is 1. The van der Waals surface area contributed by atoms with Gasteiger partial charge >= 0.3 is 0 Å². The number of carbonyl (C=O) groups excluding carboxylic acids is 1. The molecule has 0 bridgehead atoms. The highest BCUT2D eigenvalue weighted by molar-refractivity contribution is 9.10. The monoisotopic (exact) mass is 328 g/mol. The summed E-state index contributed by atoms with van der Waals surface area (Å²) in [6.45, 7) is 2.61. The Morgan fingerprint density at radius 3 is 2.89 bits per heavy atom. The lowest BCUT2D eigenvalue weighted by Crippen LogP contribution is -2.51. The first-order chi connectivity index (χ1) is 9.00. The van der Waals surface area contributed by atoms with Crippen LogP contribution < -0.4 is 5.73 Å². The molecule has 5 heteroatoms. The van der Waals surface area contributed by atoms with Crippen molar-refractivity contribution in [1.29, 1.82) is 0 Å². The molecule has 1 saturated heterocycles. The summed E-state index contributed by atoms with van der Waals surface area (Å²) in [4.78, 5) is 14.3. The number of carbonyl (C=O) groups is 1. The van der Waals surface area contributed by atoms with Gasteiger partial charge in [-0.05, 0) is 60.3 Å². The Morgan fingerprint density at radius 1 is 1.53 bits per heavy atom. The lowest BCUT2D eigenvalue weighted by Gasteiger charge is -2.38. The van der Waals surface area contributed by atoms with Crippen LogP contribution in [0.25, 0.3) is 0 Å². The van der Waals surface area contributed by atoms with Crippen molar-refractivity contribution >= 4 is 21.8 Å². The van der Waals surface area contributed by atoms with E-state index in [4.69, 9.17) is 5.73 Å². The van der Waals surface area contributed by atoms with E-state index in [9.17, 15) is 9.18 Å². The van der Waals surface area contributed by atoms with Crippen molar-refractivity contribution in [3.63, 3.8) is 0 Å². The van der Waals surface area contributed by atoms with Gasteiger partial charge in [0.15, 0.2) is 0 Å². The summed E-state index contributed by atoms with van der Waals surface area (Å²) in [5.74, 6) is -0.548. The van der Waals surface area contributed by atoms with Crippen molar-refractivity contribution in [2.24, 2.45) is 5.73 Å². The first kappa shape index (κ1) is 14.5. The summed E-state index contributed by atoms with van der Waals surface area (Å²) in [5, 5.41) is 0. The van der Waals surface area contributed by atoms with Gasteiger partial charge in [0.1, 0.15) is 5.82 Å². The van der Waals surface area contributed by atoms with E-state index in [1.54, 1.807) is 17.0 Å². The number of piperidine rings is 1. The summed E-state index contributed by atoms with van der Waals surface area (Å²) in [6, 6.07) is 4.46. The Bertz CT molecular complexity index is 479. The number of hydrogen-bond acceptors (Lipinski definition) is 2. The smallest absolute Gasteiger partial charge is 0.254 e. The SMILES string of the molecule is C[C@H](N)[C@H]1CCCCN1C(=O)c1ccc(Br)c(F)c1. The van der Waals surface area contributed by atoms with Crippen molar-refractivity contribution in [3.8, 4) is 0 Å². The molecule has 0 radical (unpaired) electrons. The molecule has 2 atom stereocenters. The molecule has 1 amide bonds. The van der Waals surface area contributed by atoms with Crippen molar-refractivity contribution < 1.29 is 9.18 Å². The van der Waals surface area contributed by atoms with Crippen molar-refractivity contribution in [2.45, 2.75) is 38.3 Å². The maximum absolute atomic E-state index is 13.5. The highest BCUT2D eigenvalue weighted by Crippen LogP contribution is 2.23. The van der Waals surface area contributed by atoms with Crippen molar-refractivity contribution in [2.75, 3.05) is 6.54 Å². The summed E-state index contributed by atoms with van der Waals surface area (Å²) in [6.07, 6.45) is 2.99. The van der Waals surface area contributed by atoms with Crippen LogP contribution in [0.1, 0.15) is 36.5 Å². The molecule has 104 valence electrons. The fraction of sp³-hybridized carbons (Fsp3) is 0.500. The number of hydrogen-bond donors (Lipinski definition) is 1. The molecule has 0 aromatic heterocycles. The van der Waals surface area contributed by atoms with Gasteiger partial charge in [0.25, 0.3) is 5.91 Å². The van der Waals surface area contributed by atoms with E-state index in [0.29, 0.717) is 16.6 Å². The van der Waals surface area contributed by atoms with Crippen LogP contribution in [-0.2, 0) is 0 Å². The number of halogens is 2. The normalized spacial score (nSPS) is 21.3. The largest absolute Gasteiger partial charge is 0.334 e. The molecule has 1 aliphatic rings. The van der Waals surface area contributed by atoms with Crippen LogP contribution >= 0.6 is 15.9 Å². The van der Waals surface area contributed by atoms with Crippen LogP contribution in [0.4, 0.5) is 4.39 Å². The summed E-state index contributed by atoms with van der Waals surface area (Å²) >= 11 is 3.09. The quantitative estimate of drug-likeness (QED) is 0.907. The second-order valence-electron chi connectivity index (χ2n) is 5.05. The molecule has 0 saturated carbocycles. The lowest BCUT2D eigenvalue weighted by atomic mass is 9.96. The zero-order valence-corrected chi connectivity index (χ0v) is 12.5. The molecule has 19 heavy (non-hydrogen) atoms. The highest BCUT2D eigenvalue weighted by Gasteiger charge is 2.29. The minimum atomic E-state index is -0.416. The minimum absolute atomic E-state index is 0.0490. The average Bonchev–Trinajstić information content (AvgIpc) is 2.41. The van der Waals surface area contributed by atoms with Gasteiger partial charge in [-0.3, -0.25) is 4.79 Å². The van der Waals surface area contributed by atoms with E-state index in [0.717, 1.165) is 19.3 Å². The Kier molecular flexibility index (Phi) is 4.58. The molecule has 1 fully saturated rings. The summed E-state index contributed by atoms with van der Waals surface area (Å²) in [5.41, 5.74) is 6.33. The standard InChI is InChI=1S/C14H18BrFN2O/c1-9(17)13-4-2-3-7-18(13)14(19)10-5-6-11(15)12(16)8-10/h5-6,8-9,13H,2-4,7,17H2,1H3/t9-,13+/m0/s1. The molecule has 1 aromatic rings. The maximum Gasteiger partial charge on any atom is 0.254 e. The minimum Gasteiger partial charge on any atom is -0.334 e. The van der Waals surface area contributed by atoms with Gasteiger partial charge in [0.2, 0.25) is 0 Å². The number of likely N-dealkylation sites (tertiary alicyclic amines) is 1. The van der Waals surface area contributed by atoms with Gasteiger partial charge in [-0.1, -0.05) is 0 Å². The van der Waals surface area contributed by atoms with Gasteiger partial charge in [0.05, 0.1) is 4.47 Å². The second kappa shape index (κ2) is 6.01. The average molecular weight is 329 g/mol. The molecular formula is C14H18BrFN2O. The van der Waals surface area contributed by atoms with Crippen LogP contribution in [-0.4, -0.2) is 29.4 Å². The molecule has 0 spiro atoms. The number of benzene rings is 1. The molecular weight excluding hydrogens is 311 g/mol. The Labute approximate surface area is 121 Å². The van der Waals surface area contributed by atoms with E-state index in [2.05, 4.69) is 15.9 Å². The van der Waals surface area contributed by atoms with Crippen LogP contribution in [0.15, 0.2) is 22.7 Å². The molecule has 0 aliphatic carbocycles. The molecule has 2 rings (SSSR count). The predicted molar refractivity (Wildman–Crippen MR) is 76.4 cm³/mol. The van der Waals surface area contributed by atoms with Gasteiger partial charge in [-0.25, -0.2) is 4.39 Å². The van der Waals surface area contributed by atoms with Crippen molar-refractivity contribution in [3.05, 3.63) is 34.1 Å². The summed E-state index contributed by atoms with van der Waals surface area (Å²) in [7, 11) is 0. The van der Waals surface area contributed by atoms with Gasteiger partial charge < -0.3 is 10.6 Å². The van der Waals surface area contributed by atoms with Crippen LogP contribution in [0, 0.1) is 5.82 Å². The third kappa shape index (κ3) is 3.15. The van der Waals surface area contributed by atoms with E-state index >= 15 is 0 Å². The highest BCUT2D eigenvalue weighted by atomic mass is 79.9. The Balaban J connectivity index is 2.23. The fourth-order valence-corrected chi connectivity index (χ4v) is 2.80. The topological polar surface area (TPSA) is 46.3 Å². The van der Waals surface area contributed by atoms with Crippen LogP contribution in [0.5, 0.6) is 0 Å². The van der Waals surface area contributed by atoms with Gasteiger partial charge in [-0.15, -0.1) is 0 Å². The third-order valence-corrected chi connectivity index (χ3v) is 4.23. The van der Waals surface area contributed by atoms with Crippen molar-refractivity contribution in [1.82, 2.24) is 4.90 Å². The van der Waals surface area contributed by atoms with Crippen LogP contribution in [0.3, 0.4) is 0 Å². The molecule has 2 N–H and O–H groups in total.